The number of carbonyl (C=O) groups excluding carboxylic acids is 1. The van der Waals surface area contributed by atoms with Crippen LogP contribution in [0.15, 0.2) is 36.4 Å². The minimum absolute atomic E-state index is 0.106. The van der Waals surface area contributed by atoms with Crippen LogP contribution >= 0.6 is 0 Å². The fourth-order valence-electron chi connectivity index (χ4n) is 2.55. The minimum Gasteiger partial charge on any atom is -0.493 e. The van der Waals surface area contributed by atoms with Crippen LogP contribution in [-0.4, -0.2) is 27.1 Å². The molecule has 0 aromatic heterocycles. The molecule has 122 valence electrons. The van der Waals surface area contributed by atoms with Crippen LogP contribution < -0.4 is 14.2 Å². The number of hydrogen-bond donors (Lipinski definition) is 0. The molecule has 4 heteroatoms. The molecule has 0 saturated carbocycles. The molecule has 0 saturated heterocycles. The average Bonchev–Trinajstić information content (AvgIpc) is 2.60. The van der Waals surface area contributed by atoms with Gasteiger partial charge in [0.2, 0.25) is 5.75 Å². The number of hydrogen-bond acceptors (Lipinski definition) is 4. The largest absolute Gasteiger partial charge is 0.493 e. The Morgan fingerprint density at radius 1 is 0.870 bits per heavy atom. The Morgan fingerprint density at radius 3 is 2.04 bits per heavy atom. The van der Waals surface area contributed by atoms with Crippen molar-refractivity contribution in [1.29, 1.82) is 0 Å². The summed E-state index contributed by atoms with van der Waals surface area (Å²) >= 11 is 0. The zero-order valence-corrected chi connectivity index (χ0v) is 14.0. The highest BCUT2D eigenvalue weighted by atomic mass is 16.5. The maximum absolute atomic E-state index is 12.8. The summed E-state index contributed by atoms with van der Waals surface area (Å²) < 4.78 is 16.0. The number of carbonyl (C=O) groups is 1. The molecule has 0 unspecified atom stereocenters. The Kier molecular flexibility index (Phi) is 5.63. The molecule has 0 bridgehead atoms. The van der Waals surface area contributed by atoms with Crippen molar-refractivity contribution in [1.82, 2.24) is 0 Å². The van der Waals surface area contributed by atoms with E-state index >= 15 is 0 Å². The fraction of sp³-hybridized carbons (Fsp3) is 0.316. The summed E-state index contributed by atoms with van der Waals surface area (Å²) in [6.45, 7) is 2.13. The Hall–Kier alpha value is -2.49. The Labute approximate surface area is 137 Å². The van der Waals surface area contributed by atoms with E-state index < -0.39 is 0 Å². The van der Waals surface area contributed by atoms with Gasteiger partial charge in [0.1, 0.15) is 0 Å². The molecule has 0 aliphatic heterocycles. The zero-order chi connectivity index (χ0) is 16.8. The van der Waals surface area contributed by atoms with Crippen LogP contribution in [0.3, 0.4) is 0 Å². The van der Waals surface area contributed by atoms with Crippen LogP contribution in [0.25, 0.3) is 0 Å². The van der Waals surface area contributed by atoms with E-state index in [0.29, 0.717) is 28.4 Å². The average molecular weight is 314 g/mol. The molecule has 4 nitrogen and oxygen atoms in total. The van der Waals surface area contributed by atoms with Crippen molar-refractivity contribution < 1.29 is 19.0 Å². The quantitative estimate of drug-likeness (QED) is 0.727. The van der Waals surface area contributed by atoms with Gasteiger partial charge in [0.05, 0.1) is 26.9 Å². The van der Waals surface area contributed by atoms with Crippen LogP contribution in [0.1, 0.15) is 34.8 Å². The summed E-state index contributed by atoms with van der Waals surface area (Å²) in [7, 11) is 4.58. The lowest BCUT2D eigenvalue weighted by Crippen LogP contribution is -2.06. The predicted octanol–water partition coefficient (Wildman–Crippen LogP) is 3.90. The fourth-order valence-corrected chi connectivity index (χ4v) is 2.55. The molecule has 0 heterocycles. The van der Waals surface area contributed by atoms with Crippen molar-refractivity contribution in [3.8, 4) is 17.2 Å². The Bertz CT molecular complexity index is 675. The van der Waals surface area contributed by atoms with Crippen LogP contribution in [0.5, 0.6) is 17.2 Å². The van der Waals surface area contributed by atoms with Gasteiger partial charge in [-0.3, -0.25) is 4.79 Å². The molecule has 2 aromatic carbocycles. The topological polar surface area (TPSA) is 44.8 Å². The summed E-state index contributed by atoms with van der Waals surface area (Å²) in [4.78, 5) is 12.8. The molecule has 0 aliphatic carbocycles. The molecule has 23 heavy (non-hydrogen) atoms. The van der Waals surface area contributed by atoms with Gasteiger partial charge in [-0.25, -0.2) is 0 Å². The second-order valence-corrected chi connectivity index (χ2v) is 5.16. The molecular formula is C19H22O4. The van der Waals surface area contributed by atoms with Crippen LogP contribution in [-0.2, 0) is 6.42 Å². The number of ketones is 1. The summed E-state index contributed by atoms with van der Waals surface area (Å²) in [5, 5.41) is 0. The van der Waals surface area contributed by atoms with Gasteiger partial charge in [-0.2, -0.15) is 0 Å². The molecule has 0 aliphatic rings. The number of methoxy groups -OCH3 is 3. The molecule has 0 fully saturated rings. The van der Waals surface area contributed by atoms with Crippen LogP contribution in [0.4, 0.5) is 0 Å². The van der Waals surface area contributed by atoms with E-state index in [4.69, 9.17) is 14.2 Å². The second-order valence-electron chi connectivity index (χ2n) is 5.16. The van der Waals surface area contributed by atoms with Gasteiger partial charge in [-0.15, -0.1) is 0 Å². The Morgan fingerprint density at radius 2 is 1.52 bits per heavy atom. The highest BCUT2D eigenvalue weighted by Crippen LogP contribution is 2.40. The molecule has 0 N–H and O–H groups in total. The van der Waals surface area contributed by atoms with Gasteiger partial charge in [0.15, 0.2) is 17.3 Å². The zero-order valence-electron chi connectivity index (χ0n) is 14.0. The normalized spacial score (nSPS) is 10.3. The molecule has 0 atom stereocenters. The summed E-state index contributed by atoms with van der Waals surface area (Å²) in [6, 6.07) is 11.1. The first kappa shape index (κ1) is 16.9. The third-order valence-electron chi connectivity index (χ3n) is 3.70. The second kappa shape index (κ2) is 7.68. The first-order chi connectivity index (χ1) is 11.2. The molecule has 0 amide bonds. The first-order valence-electron chi connectivity index (χ1n) is 7.58. The van der Waals surface area contributed by atoms with Crippen LogP contribution in [0.2, 0.25) is 0 Å². The molecule has 0 radical (unpaired) electrons. The SMILES string of the molecule is CCCc1ccc(C(=O)c2ccc(OC)c(OC)c2OC)cc1. The van der Waals surface area contributed by atoms with Crippen molar-refractivity contribution >= 4 is 5.78 Å². The van der Waals surface area contributed by atoms with Gasteiger partial charge in [0, 0.05) is 5.56 Å². The van der Waals surface area contributed by atoms with Crippen molar-refractivity contribution in [3.63, 3.8) is 0 Å². The monoisotopic (exact) mass is 314 g/mol. The van der Waals surface area contributed by atoms with Crippen molar-refractivity contribution in [3.05, 3.63) is 53.1 Å². The number of aryl methyl sites for hydroxylation is 1. The molecule has 0 spiro atoms. The summed E-state index contributed by atoms with van der Waals surface area (Å²) in [5.74, 6) is 1.22. The first-order valence-corrected chi connectivity index (χ1v) is 7.58. The van der Waals surface area contributed by atoms with Crippen molar-refractivity contribution in [2.24, 2.45) is 0 Å². The van der Waals surface area contributed by atoms with Gasteiger partial charge in [0.25, 0.3) is 0 Å². The minimum atomic E-state index is -0.106. The van der Waals surface area contributed by atoms with Gasteiger partial charge < -0.3 is 14.2 Å². The summed E-state index contributed by atoms with van der Waals surface area (Å²) in [5.41, 5.74) is 2.30. The van der Waals surface area contributed by atoms with E-state index in [1.807, 2.05) is 24.3 Å². The van der Waals surface area contributed by atoms with E-state index in [1.165, 1.54) is 19.8 Å². The number of rotatable bonds is 7. The maximum Gasteiger partial charge on any atom is 0.204 e. The van der Waals surface area contributed by atoms with E-state index in [1.54, 1.807) is 19.2 Å². The number of benzene rings is 2. The third-order valence-corrected chi connectivity index (χ3v) is 3.70. The lowest BCUT2D eigenvalue weighted by molar-refractivity contribution is 0.103. The lowest BCUT2D eigenvalue weighted by atomic mass is 9.99. The maximum atomic E-state index is 12.8. The van der Waals surface area contributed by atoms with Gasteiger partial charge in [-0.1, -0.05) is 37.6 Å². The number of ether oxygens (including phenoxy) is 3. The van der Waals surface area contributed by atoms with Crippen molar-refractivity contribution in [2.75, 3.05) is 21.3 Å². The molecule has 2 rings (SSSR count). The lowest BCUT2D eigenvalue weighted by Gasteiger charge is -2.15. The third kappa shape index (κ3) is 3.47. The van der Waals surface area contributed by atoms with E-state index in [-0.39, 0.29) is 5.78 Å². The van der Waals surface area contributed by atoms with E-state index in [2.05, 4.69) is 6.92 Å². The highest BCUT2D eigenvalue weighted by molar-refractivity contribution is 6.11. The molecule has 2 aromatic rings. The van der Waals surface area contributed by atoms with Gasteiger partial charge in [-0.05, 0) is 24.1 Å². The standard InChI is InChI=1S/C19H22O4/c1-5-6-13-7-9-14(10-8-13)17(20)15-11-12-16(21-2)19(23-4)18(15)22-3/h7-12H,5-6H2,1-4H3. The summed E-state index contributed by atoms with van der Waals surface area (Å²) in [6.07, 6.45) is 2.09. The predicted molar refractivity (Wildman–Crippen MR) is 90.0 cm³/mol. The van der Waals surface area contributed by atoms with E-state index in [0.717, 1.165) is 12.8 Å². The smallest absolute Gasteiger partial charge is 0.204 e. The van der Waals surface area contributed by atoms with Crippen LogP contribution in [0, 0.1) is 0 Å². The van der Waals surface area contributed by atoms with Crippen molar-refractivity contribution in [2.45, 2.75) is 19.8 Å². The highest BCUT2D eigenvalue weighted by Gasteiger charge is 2.21. The van der Waals surface area contributed by atoms with E-state index in [9.17, 15) is 4.79 Å². The Balaban J connectivity index is 2.42. The van der Waals surface area contributed by atoms with Gasteiger partial charge >= 0.3 is 0 Å². The molecular weight excluding hydrogens is 292 g/mol.